The molecule has 90 valence electrons. The van der Waals surface area contributed by atoms with Gasteiger partial charge in [-0.25, -0.2) is 13.2 Å². The van der Waals surface area contributed by atoms with E-state index in [1.54, 1.807) is 13.8 Å². The van der Waals surface area contributed by atoms with Gasteiger partial charge in [0.1, 0.15) is 6.17 Å². The summed E-state index contributed by atoms with van der Waals surface area (Å²) >= 11 is 0. The average molecular weight is 239 g/mol. The van der Waals surface area contributed by atoms with Gasteiger partial charge < -0.3 is 15.8 Å². The van der Waals surface area contributed by atoms with Gasteiger partial charge in [-0.2, -0.15) is 4.72 Å². The van der Waals surface area contributed by atoms with E-state index in [0.29, 0.717) is 0 Å². The van der Waals surface area contributed by atoms with Gasteiger partial charge in [-0.15, -0.1) is 0 Å². The molecule has 0 heterocycles. The fourth-order valence-electron chi connectivity index (χ4n) is 0.824. The number of carbonyl (C=O) groups excluding carboxylic acids is 1. The van der Waals surface area contributed by atoms with Crippen LogP contribution in [0.3, 0.4) is 0 Å². The van der Waals surface area contributed by atoms with Gasteiger partial charge in [0.05, 0.1) is 19.0 Å². The van der Waals surface area contributed by atoms with Crippen molar-refractivity contribution in [3.8, 4) is 0 Å². The first-order chi connectivity index (χ1) is 6.70. The van der Waals surface area contributed by atoms with Crippen LogP contribution in [0.4, 0.5) is 4.79 Å². The minimum atomic E-state index is -3.42. The zero-order chi connectivity index (χ0) is 12.1. The first-order valence-corrected chi connectivity index (χ1v) is 6.24. The highest BCUT2D eigenvalue weighted by molar-refractivity contribution is 7.88. The molecule has 0 aromatic heterocycles. The van der Waals surface area contributed by atoms with Crippen LogP contribution in [0.15, 0.2) is 0 Å². The van der Waals surface area contributed by atoms with Crippen molar-refractivity contribution in [1.82, 2.24) is 10.0 Å². The second kappa shape index (κ2) is 5.89. The topological polar surface area (TPSA) is 111 Å². The smallest absolute Gasteiger partial charge is 0.313 e. The van der Waals surface area contributed by atoms with E-state index in [1.165, 1.54) is 0 Å². The van der Waals surface area contributed by atoms with Gasteiger partial charge in [-0.3, -0.25) is 0 Å². The van der Waals surface area contributed by atoms with Crippen molar-refractivity contribution in [3.63, 3.8) is 0 Å². The van der Waals surface area contributed by atoms with Crippen molar-refractivity contribution >= 4 is 16.1 Å². The van der Waals surface area contributed by atoms with Gasteiger partial charge in [0.2, 0.25) is 10.0 Å². The number of sulfonamides is 1. The lowest BCUT2D eigenvalue weighted by atomic mass is 10.4. The number of primary amides is 1. The maximum Gasteiger partial charge on any atom is 0.313 e. The SMILES string of the molecule is CC(C)OCC(NC(N)=O)NS(C)(=O)=O. The van der Waals surface area contributed by atoms with Gasteiger partial charge in [-0.05, 0) is 13.8 Å². The Kier molecular flexibility index (Phi) is 5.55. The minimum absolute atomic E-state index is 0.0215. The van der Waals surface area contributed by atoms with Crippen LogP contribution in [0.1, 0.15) is 13.8 Å². The summed E-state index contributed by atoms with van der Waals surface area (Å²) in [6, 6.07) is -0.816. The summed E-state index contributed by atoms with van der Waals surface area (Å²) in [5.41, 5.74) is 4.88. The molecular weight excluding hydrogens is 222 g/mol. The molecule has 8 heteroatoms. The van der Waals surface area contributed by atoms with Crippen LogP contribution in [0.5, 0.6) is 0 Å². The molecule has 2 amide bonds. The van der Waals surface area contributed by atoms with Crippen LogP contribution in [0.2, 0.25) is 0 Å². The van der Waals surface area contributed by atoms with Crippen molar-refractivity contribution in [1.29, 1.82) is 0 Å². The predicted octanol–water partition coefficient (Wildman–Crippen LogP) is -1.04. The highest BCUT2D eigenvalue weighted by Crippen LogP contribution is 1.91. The minimum Gasteiger partial charge on any atom is -0.375 e. The van der Waals surface area contributed by atoms with Crippen LogP contribution >= 0.6 is 0 Å². The van der Waals surface area contributed by atoms with Crippen molar-refractivity contribution in [3.05, 3.63) is 0 Å². The average Bonchev–Trinajstić information content (AvgIpc) is 1.95. The second-order valence-corrected chi connectivity index (χ2v) is 5.11. The number of urea groups is 1. The monoisotopic (exact) mass is 239 g/mol. The van der Waals surface area contributed by atoms with E-state index in [-0.39, 0.29) is 12.7 Å². The first-order valence-electron chi connectivity index (χ1n) is 4.35. The van der Waals surface area contributed by atoms with Crippen molar-refractivity contribution in [2.24, 2.45) is 5.73 Å². The third-order valence-corrected chi connectivity index (χ3v) is 1.98. The molecular formula is C7H17N3O4S. The second-order valence-electron chi connectivity index (χ2n) is 3.33. The Balaban J connectivity index is 4.25. The van der Waals surface area contributed by atoms with Crippen molar-refractivity contribution in [2.75, 3.05) is 12.9 Å². The zero-order valence-electron chi connectivity index (χ0n) is 8.98. The van der Waals surface area contributed by atoms with Crippen LogP contribution in [0.25, 0.3) is 0 Å². The number of hydrogen-bond donors (Lipinski definition) is 3. The lowest BCUT2D eigenvalue weighted by Crippen LogP contribution is -2.52. The summed E-state index contributed by atoms with van der Waals surface area (Å²) in [6.45, 7) is 3.61. The number of nitrogens with two attached hydrogens (primary N) is 1. The third kappa shape index (κ3) is 9.44. The van der Waals surface area contributed by atoms with E-state index >= 15 is 0 Å². The van der Waals surface area contributed by atoms with E-state index in [4.69, 9.17) is 10.5 Å². The van der Waals surface area contributed by atoms with Gasteiger partial charge in [0, 0.05) is 0 Å². The van der Waals surface area contributed by atoms with Gasteiger partial charge in [0.15, 0.2) is 0 Å². The summed E-state index contributed by atoms with van der Waals surface area (Å²) < 4.78 is 29.1. The highest BCUT2D eigenvalue weighted by atomic mass is 32.2. The molecule has 0 rings (SSSR count). The molecule has 0 radical (unpaired) electrons. The summed E-state index contributed by atoms with van der Waals surface area (Å²) in [5, 5.41) is 2.22. The maximum absolute atomic E-state index is 10.9. The molecule has 4 N–H and O–H groups in total. The zero-order valence-corrected chi connectivity index (χ0v) is 9.80. The lowest BCUT2D eigenvalue weighted by Gasteiger charge is -2.19. The van der Waals surface area contributed by atoms with E-state index in [1.807, 2.05) is 0 Å². The lowest BCUT2D eigenvalue weighted by molar-refractivity contribution is 0.0612. The Bertz CT molecular complexity index is 301. The molecule has 7 nitrogen and oxygen atoms in total. The Labute approximate surface area is 89.4 Å². The molecule has 0 bridgehead atoms. The van der Waals surface area contributed by atoms with Gasteiger partial charge in [-0.1, -0.05) is 0 Å². The Hall–Kier alpha value is -0.860. The molecule has 0 aromatic carbocycles. The summed E-state index contributed by atoms with van der Waals surface area (Å²) in [4.78, 5) is 10.6. The van der Waals surface area contributed by atoms with E-state index in [0.717, 1.165) is 6.26 Å². The molecule has 0 saturated carbocycles. The summed E-state index contributed by atoms with van der Waals surface area (Å²) in [6.07, 6.45) is 0.0707. The normalized spacial score (nSPS) is 13.9. The number of carbonyl (C=O) groups is 1. The molecule has 0 aliphatic rings. The molecule has 0 fully saturated rings. The number of ether oxygens (including phenoxy) is 1. The van der Waals surface area contributed by atoms with Crippen molar-refractivity contribution in [2.45, 2.75) is 26.1 Å². The predicted molar refractivity (Wildman–Crippen MR) is 55.6 cm³/mol. The molecule has 0 aliphatic heterocycles. The third-order valence-electron chi connectivity index (χ3n) is 1.27. The Morgan fingerprint density at radius 1 is 1.47 bits per heavy atom. The van der Waals surface area contributed by atoms with Crippen LogP contribution in [0, 0.1) is 0 Å². The molecule has 1 atom stereocenters. The van der Waals surface area contributed by atoms with E-state index in [2.05, 4.69) is 10.0 Å². The molecule has 15 heavy (non-hydrogen) atoms. The molecule has 0 spiro atoms. The maximum atomic E-state index is 10.9. The molecule has 0 aromatic rings. The largest absolute Gasteiger partial charge is 0.375 e. The number of rotatable bonds is 6. The fourth-order valence-corrected chi connectivity index (χ4v) is 1.47. The molecule has 0 saturated heterocycles. The van der Waals surface area contributed by atoms with Crippen molar-refractivity contribution < 1.29 is 17.9 Å². The fraction of sp³-hybridized carbons (Fsp3) is 0.857. The van der Waals surface area contributed by atoms with Gasteiger partial charge >= 0.3 is 6.03 Å². The summed E-state index contributed by atoms with van der Waals surface area (Å²) in [5.74, 6) is 0. The number of nitrogens with one attached hydrogen (secondary N) is 2. The van der Waals surface area contributed by atoms with E-state index < -0.39 is 22.2 Å². The highest BCUT2D eigenvalue weighted by Gasteiger charge is 2.15. The van der Waals surface area contributed by atoms with Crippen LogP contribution < -0.4 is 15.8 Å². The summed E-state index contributed by atoms with van der Waals surface area (Å²) in [7, 11) is -3.42. The first kappa shape index (κ1) is 14.1. The molecule has 1 unspecified atom stereocenters. The van der Waals surface area contributed by atoms with Crippen LogP contribution in [-0.2, 0) is 14.8 Å². The quantitative estimate of drug-likeness (QED) is 0.514. The van der Waals surface area contributed by atoms with Crippen LogP contribution in [-0.4, -0.2) is 39.6 Å². The van der Waals surface area contributed by atoms with E-state index in [9.17, 15) is 13.2 Å². The molecule has 0 aliphatic carbocycles. The Morgan fingerprint density at radius 3 is 2.33 bits per heavy atom. The number of hydrogen-bond acceptors (Lipinski definition) is 4. The van der Waals surface area contributed by atoms with Gasteiger partial charge in [0.25, 0.3) is 0 Å². The standard InChI is InChI=1S/C7H17N3O4S/c1-5(2)14-4-6(9-7(8)11)10-15(3,12)13/h5-6,10H,4H2,1-3H3,(H3,8,9,11). The number of amides is 2. The Morgan fingerprint density at radius 2 is 2.00 bits per heavy atom.